The molecule has 0 spiro atoms. The molecule has 0 radical (unpaired) electrons. The highest BCUT2D eigenvalue weighted by Crippen LogP contribution is 2.19. The van der Waals surface area contributed by atoms with E-state index in [2.05, 4.69) is 76.0 Å². The van der Waals surface area contributed by atoms with Gasteiger partial charge in [0.1, 0.15) is 0 Å². The van der Waals surface area contributed by atoms with Gasteiger partial charge >= 0.3 is 0 Å². The summed E-state index contributed by atoms with van der Waals surface area (Å²) in [6.07, 6.45) is 0. The third kappa shape index (κ3) is 5.96. The topological polar surface area (TPSA) is 15.3 Å². The van der Waals surface area contributed by atoms with Crippen LogP contribution >= 0.6 is 0 Å². The van der Waals surface area contributed by atoms with Crippen molar-refractivity contribution >= 4 is 5.69 Å². The summed E-state index contributed by atoms with van der Waals surface area (Å²) in [5.74, 6) is 1.39. The molecule has 0 amide bonds. The first kappa shape index (κ1) is 17.0. The van der Waals surface area contributed by atoms with Crippen LogP contribution in [-0.4, -0.2) is 19.1 Å². The predicted octanol–water partition coefficient (Wildman–Crippen LogP) is 4.30. The standard InChI is InChI=1S/C18H32N2/c1-14(2)11-19-12-17-7-9-18(10-8-17)20(16(5)6)13-15(3)4/h7-10,14-16,19H,11-13H2,1-6H3. The second-order valence-corrected chi connectivity index (χ2v) is 6.83. The van der Waals surface area contributed by atoms with Crippen molar-refractivity contribution in [2.75, 3.05) is 18.0 Å². The Labute approximate surface area is 125 Å². The molecule has 0 aliphatic rings. The average molecular weight is 276 g/mol. The van der Waals surface area contributed by atoms with Crippen LogP contribution in [-0.2, 0) is 6.54 Å². The van der Waals surface area contributed by atoms with E-state index in [-0.39, 0.29) is 0 Å². The smallest absolute Gasteiger partial charge is 0.0368 e. The Morgan fingerprint density at radius 1 is 0.900 bits per heavy atom. The summed E-state index contributed by atoms with van der Waals surface area (Å²) >= 11 is 0. The van der Waals surface area contributed by atoms with E-state index in [1.165, 1.54) is 11.3 Å². The van der Waals surface area contributed by atoms with Crippen LogP contribution in [0.2, 0.25) is 0 Å². The van der Waals surface area contributed by atoms with Crippen LogP contribution in [0.25, 0.3) is 0 Å². The SMILES string of the molecule is CC(C)CNCc1ccc(N(CC(C)C)C(C)C)cc1. The summed E-state index contributed by atoms with van der Waals surface area (Å²) in [4.78, 5) is 2.48. The second-order valence-electron chi connectivity index (χ2n) is 6.83. The molecule has 2 nitrogen and oxygen atoms in total. The molecule has 0 bridgehead atoms. The van der Waals surface area contributed by atoms with Crippen LogP contribution in [0.15, 0.2) is 24.3 Å². The van der Waals surface area contributed by atoms with Gasteiger partial charge in [-0.25, -0.2) is 0 Å². The Morgan fingerprint density at radius 3 is 1.95 bits per heavy atom. The van der Waals surface area contributed by atoms with Crippen molar-refractivity contribution in [1.82, 2.24) is 5.32 Å². The third-order valence-electron chi connectivity index (χ3n) is 3.33. The lowest BCUT2D eigenvalue weighted by Gasteiger charge is -2.31. The number of hydrogen-bond acceptors (Lipinski definition) is 2. The van der Waals surface area contributed by atoms with Gasteiger partial charge in [0.05, 0.1) is 0 Å². The molecule has 1 aromatic rings. The fraction of sp³-hybridized carbons (Fsp3) is 0.667. The van der Waals surface area contributed by atoms with Crippen LogP contribution in [0.4, 0.5) is 5.69 Å². The molecule has 2 heteroatoms. The summed E-state index contributed by atoms with van der Waals surface area (Å²) in [6, 6.07) is 9.56. The minimum atomic E-state index is 0.544. The highest BCUT2D eigenvalue weighted by Gasteiger charge is 2.11. The molecule has 0 saturated heterocycles. The average Bonchev–Trinajstić information content (AvgIpc) is 2.36. The minimum Gasteiger partial charge on any atom is -0.369 e. The lowest BCUT2D eigenvalue weighted by atomic mass is 10.1. The highest BCUT2D eigenvalue weighted by atomic mass is 15.1. The van der Waals surface area contributed by atoms with Gasteiger partial charge in [0.15, 0.2) is 0 Å². The maximum atomic E-state index is 3.49. The van der Waals surface area contributed by atoms with E-state index in [1.54, 1.807) is 0 Å². The minimum absolute atomic E-state index is 0.544. The molecule has 0 heterocycles. The third-order valence-corrected chi connectivity index (χ3v) is 3.33. The lowest BCUT2D eigenvalue weighted by Crippen LogP contribution is -2.34. The molecule has 0 saturated carbocycles. The molecular weight excluding hydrogens is 244 g/mol. The van der Waals surface area contributed by atoms with Crippen molar-refractivity contribution in [3.05, 3.63) is 29.8 Å². The summed E-state index contributed by atoms with van der Waals surface area (Å²) in [5, 5.41) is 3.49. The normalized spacial score (nSPS) is 11.7. The van der Waals surface area contributed by atoms with Gasteiger partial charge in [0, 0.05) is 24.8 Å². The number of anilines is 1. The maximum absolute atomic E-state index is 3.49. The van der Waals surface area contributed by atoms with Crippen molar-refractivity contribution in [3.63, 3.8) is 0 Å². The Kier molecular flexibility index (Phi) is 7.08. The first-order valence-corrected chi connectivity index (χ1v) is 7.96. The Bertz CT molecular complexity index is 366. The van der Waals surface area contributed by atoms with E-state index in [0.717, 1.165) is 19.6 Å². The molecule has 0 atom stereocenters. The number of nitrogens with zero attached hydrogens (tertiary/aromatic N) is 1. The first-order chi connectivity index (χ1) is 9.40. The van der Waals surface area contributed by atoms with Crippen LogP contribution < -0.4 is 10.2 Å². The molecular formula is C18H32N2. The molecule has 1 aromatic carbocycles. The summed E-state index contributed by atoms with van der Waals surface area (Å²) in [5.41, 5.74) is 2.70. The van der Waals surface area contributed by atoms with Gasteiger partial charge < -0.3 is 10.2 Å². The molecule has 114 valence electrons. The van der Waals surface area contributed by atoms with E-state index in [1.807, 2.05) is 0 Å². The van der Waals surface area contributed by atoms with Gasteiger partial charge in [0.2, 0.25) is 0 Å². The largest absolute Gasteiger partial charge is 0.369 e. The monoisotopic (exact) mass is 276 g/mol. The zero-order valence-electron chi connectivity index (χ0n) is 14.1. The van der Waals surface area contributed by atoms with Crippen molar-refractivity contribution in [2.24, 2.45) is 11.8 Å². The van der Waals surface area contributed by atoms with Gasteiger partial charge in [0.25, 0.3) is 0 Å². The van der Waals surface area contributed by atoms with E-state index < -0.39 is 0 Å². The Balaban J connectivity index is 2.63. The summed E-state index contributed by atoms with van der Waals surface area (Å²) in [7, 11) is 0. The maximum Gasteiger partial charge on any atom is 0.0368 e. The number of nitrogens with one attached hydrogen (secondary N) is 1. The lowest BCUT2D eigenvalue weighted by molar-refractivity contribution is 0.552. The van der Waals surface area contributed by atoms with Crippen LogP contribution in [0.3, 0.4) is 0 Å². The zero-order valence-corrected chi connectivity index (χ0v) is 14.1. The fourth-order valence-corrected chi connectivity index (χ4v) is 2.32. The van der Waals surface area contributed by atoms with Gasteiger partial charge in [-0.1, -0.05) is 39.8 Å². The van der Waals surface area contributed by atoms with E-state index in [9.17, 15) is 0 Å². The highest BCUT2D eigenvalue weighted by molar-refractivity contribution is 5.48. The van der Waals surface area contributed by atoms with Crippen molar-refractivity contribution in [2.45, 2.75) is 54.1 Å². The Morgan fingerprint density at radius 2 is 1.50 bits per heavy atom. The molecule has 0 aromatic heterocycles. The first-order valence-electron chi connectivity index (χ1n) is 7.96. The van der Waals surface area contributed by atoms with Crippen molar-refractivity contribution in [3.8, 4) is 0 Å². The van der Waals surface area contributed by atoms with Crippen molar-refractivity contribution in [1.29, 1.82) is 0 Å². The second kappa shape index (κ2) is 8.31. The van der Waals surface area contributed by atoms with Crippen LogP contribution in [0.5, 0.6) is 0 Å². The number of benzene rings is 1. The molecule has 0 unspecified atom stereocenters. The van der Waals surface area contributed by atoms with E-state index in [4.69, 9.17) is 0 Å². The predicted molar refractivity (Wildman–Crippen MR) is 90.3 cm³/mol. The molecule has 1 rings (SSSR count). The number of rotatable bonds is 8. The van der Waals surface area contributed by atoms with Gasteiger partial charge in [-0.3, -0.25) is 0 Å². The summed E-state index contributed by atoms with van der Waals surface area (Å²) < 4.78 is 0. The van der Waals surface area contributed by atoms with Gasteiger partial charge in [-0.2, -0.15) is 0 Å². The number of hydrogen-bond donors (Lipinski definition) is 1. The molecule has 0 aliphatic carbocycles. The van der Waals surface area contributed by atoms with Gasteiger partial charge in [-0.05, 0) is 49.9 Å². The van der Waals surface area contributed by atoms with E-state index in [0.29, 0.717) is 17.9 Å². The van der Waals surface area contributed by atoms with E-state index >= 15 is 0 Å². The summed E-state index contributed by atoms with van der Waals surface area (Å²) in [6.45, 7) is 16.7. The van der Waals surface area contributed by atoms with Crippen LogP contribution in [0.1, 0.15) is 47.1 Å². The fourth-order valence-electron chi connectivity index (χ4n) is 2.32. The van der Waals surface area contributed by atoms with Crippen LogP contribution in [0, 0.1) is 11.8 Å². The van der Waals surface area contributed by atoms with Crippen molar-refractivity contribution < 1.29 is 0 Å². The zero-order chi connectivity index (χ0) is 15.1. The molecule has 0 fully saturated rings. The molecule has 1 N–H and O–H groups in total. The molecule has 20 heavy (non-hydrogen) atoms. The molecule has 0 aliphatic heterocycles. The quantitative estimate of drug-likeness (QED) is 0.761. The Hall–Kier alpha value is -1.02. The van der Waals surface area contributed by atoms with Gasteiger partial charge in [-0.15, -0.1) is 0 Å².